The second kappa shape index (κ2) is 4.91. The molecule has 20 heavy (non-hydrogen) atoms. The van der Waals surface area contributed by atoms with Gasteiger partial charge >= 0.3 is 0 Å². The number of aryl methyl sites for hydroxylation is 1. The highest BCUT2D eigenvalue weighted by Gasteiger charge is 2.31. The van der Waals surface area contributed by atoms with Gasteiger partial charge in [0.05, 0.1) is 17.1 Å². The van der Waals surface area contributed by atoms with Crippen molar-refractivity contribution < 1.29 is 9.18 Å². The summed E-state index contributed by atoms with van der Waals surface area (Å²) >= 11 is 6.07. The second-order valence-corrected chi connectivity index (χ2v) is 5.20. The number of nitrogens with zero attached hydrogens (tertiary/aromatic N) is 1. The van der Waals surface area contributed by atoms with Gasteiger partial charge in [-0.3, -0.25) is 9.69 Å². The van der Waals surface area contributed by atoms with Crippen LogP contribution in [-0.4, -0.2) is 5.91 Å². The van der Waals surface area contributed by atoms with Crippen LogP contribution in [0.4, 0.5) is 15.8 Å². The van der Waals surface area contributed by atoms with Crippen molar-refractivity contribution >= 4 is 28.9 Å². The third-order valence-corrected chi connectivity index (χ3v) is 3.85. The van der Waals surface area contributed by atoms with Gasteiger partial charge in [-0.1, -0.05) is 36.7 Å². The molecule has 0 saturated carbocycles. The number of carbonyl (C=O) groups is 1. The average Bonchev–Trinajstić information content (AvgIpc) is 2.74. The maximum Gasteiger partial charge on any atom is 0.236 e. The van der Waals surface area contributed by atoms with E-state index in [1.807, 2.05) is 18.2 Å². The van der Waals surface area contributed by atoms with Gasteiger partial charge in [-0.15, -0.1) is 0 Å². The van der Waals surface area contributed by atoms with Crippen LogP contribution in [0.1, 0.15) is 18.1 Å². The molecule has 1 aliphatic heterocycles. The third kappa shape index (κ3) is 1.98. The Bertz CT molecular complexity index is 679. The third-order valence-electron chi connectivity index (χ3n) is 3.55. The van der Waals surface area contributed by atoms with Gasteiger partial charge in [0, 0.05) is 0 Å². The number of anilines is 2. The average molecular weight is 290 g/mol. The van der Waals surface area contributed by atoms with Gasteiger partial charge in [-0.25, -0.2) is 4.39 Å². The number of hydrogen-bond acceptors (Lipinski definition) is 1. The summed E-state index contributed by atoms with van der Waals surface area (Å²) in [5.41, 5.74) is 2.95. The lowest BCUT2D eigenvalue weighted by atomic mass is 10.1. The van der Waals surface area contributed by atoms with Crippen LogP contribution in [0.15, 0.2) is 36.4 Å². The molecule has 0 spiro atoms. The van der Waals surface area contributed by atoms with Crippen LogP contribution >= 0.6 is 11.6 Å². The van der Waals surface area contributed by atoms with Crippen molar-refractivity contribution in [2.75, 3.05) is 4.90 Å². The zero-order valence-corrected chi connectivity index (χ0v) is 11.7. The van der Waals surface area contributed by atoms with Gasteiger partial charge in [-0.05, 0) is 35.7 Å². The van der Waals surface area contributed by atoms with Crippen LogP contribution in [0.5, 0.6) is 0 Å². The highest BCUT2D eigenvalue weighted by molar-refractivity contribution is 6.34. The van der Waals surface area contributed by atoms with E-state index in [2.05, 4.69) is 6.92 Å². The zero-order chi connectivity index (χ0) is 14.3. The standard InChI is InChI=1S/C16H13ClFNO/c1-2-10-6-7-14-11(8-10)9-15(20)19(14)16-12(17)4-3-5-13(16)18/h3-8H,2,9H2,1H3. The number of amides is 1. The fraction of sp³-hybridized carbons (Fsp3) is 0.188. The molecule has 102 valence electrons. The summed E-state index contributed by atoms with van der Waals surface area (Å²) in [5, 5.41) is 0.241. The lowest BCUT2D eigenvalue weighted by Crippen LogP contribution is -2.22. The summed E-state index contributed by atoms with van der Waals surface area (Å²) in [6, 6.07) is 10.3. The van der Waals surface area contributed by atoms with Crippen molar-refractivity contribution in [3.8, 4) is 0 Å². The topological polar surface area (TPSA) is 20.3 Å². The highest BCUT2D eigenvalue weighted by atomic mass is 35.5. The Kier molecular flexibility index (Phi) is 3.22. The van der Waals surface area contributed by atoms with Crippen molar-refractivity contribution in [1.82, 2.24) is 0 Å². The van der Waals surface area contributed by atoms with Gasteiger partial charge in [0.25, 0.3) is 0 Å². The first-order valence-electron chi connectivity index (χ1n) is 6.50. The summed E-state index contributed by atoms with van der Waals surface area (Å²) in [4.78, 5) is 13.6. The molecule has 1 heterocycles. The molecule has 2 aromatic carbocycles. The van der Waals surface area contributed by atoms with Crippen molar-refractivity contribution in [2.24, 2.45) is 0 Å². The molecule has 1 aliphatic rings. The highest BCUT2D eigenvalue weighted by Crippen LogP contribution is 2.40. The maximum atomic E-state index is 14.0. The number of fused-ring (bicyclic) bond motifs is 1. The molecule has 0 N–H and O–H groups in total. The summed E-state index contributed by atoms with van der Waals surface area (Å²) in [7, 11) is 0. The fourth-order valence-electron chi connectivity index (χ4n) is 2.54. The van der Waals surface area contributed by atoms with E-state index < -0.39 is 5.82 Å². The molecular weight excluding hydrogens is 277 g/mol. The maximum absolute atomic E-state index is 14.0. The van der Waals surface area contributed by atoms with E-state index in [9.17, 15) is 9.18 Å². The van der Waals surface area contributed by atoms with E-state index in [0.717, 1.165) is 23.2 Å². The van der Waals surface area contributed by atoms with E-state index >= 15 is 0 Å². The van der Waals surface area contributed by atoms with Crippen LogP contribution in [0.25, 0.3) is 0 Å². The Labute approximate surface area is 121 Å². The van der Waals surface area contributed by atoms with Crippen molar-refractivity contribution in [3.63, 3.8) is 0 Å². The van der Waals surface area contributed by atoms with E-state index in [1.165, 1.54) is 17.0 Å². The van der Waals surface area contributed by atoms with Crippen molar-refractivity contribution in [1.29, 1.82) is 0 Å². The molecule has 0 fully saturated rings. The zero-order valence-electron chi connectivity index (χ0n) is 11.0. The summed E-state index contributed by atoms with van der Waals surface area (Å²) in [6.07, 6.45) is 1.19. The van der Waals surface area contributed by atoms with Gasteiger partial charge in [0.2, 0.25) is 5.91 Å². The lowest BCUT2D eigenvalue weighted by molar-refractivity contribution is -0.116. The minimum absolute atomic E-state index is 0.141. The second-order valence-electron chi connectivity index (χ2n) is 4.79. The quantitative estimate of drug-likeness (QED) is 0.809. The molecular formula is C16H13ClFNO. The van der Waals surface area contributed by atoms with E-state index in [-0.39, 0.29) is 23.0 Å². The molecule has 0 radical (unpaired) electrons. The Morgan fingerprint density at radius 2 is 2.10 bits per heavy atom. The summed E-state index contributed by atoms with van der Waals surface area (Å²) in [6.45, 7) is 2.06. The number of halogens is 2. The Morgan fingerprint density at radius 1 is 1.30 bits per heavy atom. The van der Waals surface area contributed by atoms with Gasteiger partial charge in [0.1, 0.15) is 11.5 Å². The van der Waals surface area contributed by atoms with Crippen LogP contribution in [-0.2, 0) is 17.6 Å². The molecule has 0 atom stereocenters. The largest absolute Gasteiger partial charge is 0.276 e. The Hall–Kier alpha value is -1.87. The van der Waals surface area contributed by atoms with Crippen LogP contribution in [0, 0.1) is 5.82 Å². The molecule has 0 aliphatic carbocycles. The predicted octanol–water partition coefficient (Wildman–Crippen LogP) is 4.26. The van der Waals surface area contributed by atoms with Crippen LogP contribution in [0.3, 0.4) is 0 Å². The Balaban J connectivity index is 2.15. The SMILES string of the molecule is CCc1ccc2c(c1)CC(=O)N2c1c(F)cccc1Cl. The predicted molar refractivity (Wildman–Crippen MR) is 78.1 cm³/mol. The normalized spacial score (nSPS) is 13.8. The van der Waals surface area contributed by atoms with Crippen LogP contribution in [0.2, 0.25) is 5.02 Å². The molecule has 0 bridgehead atoms. The van der Waals surface area contributed by atoms with E-state index in [0.29, 0.717) is 0 Å². The molecule has 0 unspecified atom stereocenters. The first-order chi connectivity index (χ1) is 9.61. The molecule has 3 rings (SSSR count). The first-order valence-corrected chi connectivity index (χ1v) is 6.88. The molecule has 0 aromatic heterocycles. The van der Waals surface area contributed by atoms with Gasteiger partial charge in [0.15, 0.2) is 0 Å². The van der Waals surface area contributed by atoms with E-state index in [1.54, 1.807) is 6.07 Å². The van der Waals surface area contributed by atoms with Crippen LogP contribution < -0.4 is 4.90 Å². The minimum atomic E-state index is -0.488. The minimum Gasteiger partial charge on any atom is -0.276 e. The first kappa shape index (κ1) is 13.1. The van der Waals surface area contributed by atoms with Crippen molar-refractivity contribution in [3.05, 3.63) is 58.4 Å². The summed E-state index contributed by atoms with van der Waals surface area (Å²) < 4.78 is 14.0. The molecule has 2 aromatic rings. The molecule has 0 saturated heterocycles. The number of carbonyl (C=O) groups excluding carboxylic acids is 1. The Morgan fingerprint density at radius 3 is 2.80 bits per heavy atom. The number of para-hydroxylation sites is 1. The molecule has 2 nitrogen and oxygen atoms in total. The van der Waals surface area contributed by atoms with Gasteiger partial charge < -0.3 is 0 Å². The number of benzene rings is 2. The number of hydrogen-bond donors (Lipinski definition) is 0. The fourth-order valence-corrected chi connectivity index (χ4v) is 2.79. The lowest BCUT2D eigenvalue weighted by Gasteiger charge is -2.19. The number of rotatable bonds is 2. The van der Waals surface area contributed by atoms with E-state index in [4.69, 9.17) is 11.6 Å². The summed E-state index contributed by atoms with van der Waals surface area (Å²) in [5.74, 6) is -0.640. The molecule has 4 heteroatoms. The smallest absolute Gasteiger partial charge is 0.236 e. The monoisotopic (exact) mass is 289 g/mol. The van der Waals surface area contributed by atoms with Gasteiger partial charge in [-0.2, -0.15) is 0 Å². The molecule has 1 amide bonds. The van der Waals surface area contributed by atoms with Crippen molar-refractivity contribution in [2.45, 2.75) is 19.8 Å².